The highest BCUT2D eigenvalue weighted by Gasteiger charge is 2.04. The van der Waals surface area contributed by atoms with E-state index in [0.29, 0.717) is 0 Å². The maximum absolute atomic E-state index is 3.24. The smallest absolute Gasteiger partial charge is 0.0481 e. The zero-order valence-corrected chi connectivity index (χ0v) is 9.59. The number of benzene rings is 1. The molecule has 0 heterocycles. The molecule has 0 saturated carbocycles. The summed E-state index contributed by atoms with van der Waals surface area (Å²) in [6.07, 6.45) is 0. The van der Waals surface area contributed by atoms with E-state index in [1.165, 1.54) is 21.7 Å². The molecule has 1 aromatic rings. The minimum atomic E-state index is 1.12. The lowest BCUT2D eigenvalue weighted by atomic mass is 10.1. The minimum absolute atomic E-state index is 1.12. The molecule has 1 nitrogen and oxygen atoms in total. The van der Waals surface area contributed by atoms with Gasteiger partial charge in [0.2, 0.25) is 0 Å². The van der Waals surface area contributed by atoms with Gasteiger partial charge in [-0.1, -0.05) is 13.0 Å². The summed E-state index contributed by atoms with van der Waals surface area (Å²) in [5.74, 6) is 1.12. The Hall–Kier alpha value is -0.630. The molecule has 0 aliphatic carbocycles. The van der Waals surface area contributed by atoms with Crippen molar-refractivity contribution in [1.82, 2.24) is 0 Å². The average Bonchev–Trinajstić information content (AvgIpc) is 2.09. The molecule has 72 valence electrons. The largest absolute Gasteiger partial charge is 0.387 e. The summed E-state index contributed by atoms with van der Waals surface area (Å²) in [6.45, 7) is 6.49. The molecule has 0 spiro atoms. The highest BCUT2D eigenvalue weighted by atomic mass is 32.2. The van der Waals surface area contributed by atoms with E-state index in [9.17, 15) is 0 Å². The predicted octanol–water partition coefficient (Wildman–Crippen LogP) is 3.46. The van der Waals surface area contributed by atoms with E-state index < -0.39 is 0 Å². The molecule has 1 rings (SSSR count). The molecule has 2 heteroatoms. The first-order valence-corrected chi connectivity index (χ1v) is 5.59. The van der Waals surface area contributed by atoms with Crippen molar-refractivity contribution in [3.8, 4) is 0 Å². The van der Waals surface area contributed by atoms with Crippen LogP contribution >= 0.6 is 11.8 Å². The number of anilines is 1. The van der Waals surface area contributed by atoms with Crippen LogP contribution in [-0.4, -0.2) is 12.8 Å². The summed E-state index contributed by atoms with van der Waals surface area (Å²) >= 11 is 1.90. The maximum Gasteiger partial charge on any atom is 0.0481 e. The average molecular weight is 195 g/mol. The number of rotatable bonds is 3. The van der Waals surface area contributed by atoms with Gasteiger partial charge in [-0.3, -0.25) is 0 Å². The molecule has 0 amide bonds. The number of thioether (sulfide) groups is 1. The van der Waals surface area contributed by atoms with E-state index in [-0.39, 0.29) is 0 Å². The van der Waals surface area contributed by atoms with Crippen molar-refractivity contribution in [2.75, 3.05) is 18.1 Å². The van der Waals surface area contributed by atoms with Gasteiger partial charge < -0.3 is 5.32 Å². The zero-order valence-electron chi connectivity index (χ0n) is 8.77. The second kappa shape index (κ2) is 4.56. The van der Waals surface area contributed by atoms with Crippen LogP contribution in [0.5, 0.6) is 0 Å². The summed E-state index contributed by atoms with van der Waals surface area (Å²) in [5.41, 5.74) is 3.95. The van der Waals surface area contributed by atoms with Crippen LogP contribution < -0.4 is 5.32 Å². The van der Waals surface area contributed by atoms with Crippen molar-refractivity contribution in [2.24, 2.45) is 0 Å². The lowest BCUT2D eigenvalue weighted by Gasteiger charge is -2.12. The van der Waals surface area contributed by atoms with Crippen LogP contribution in [0.3, 0.4) is 0 Å². The number of hydrogen-bond donors (Lipinski definition) is 1. The lowest BCUT2D eigenvalue weighted by molar-refractivity contribution is 1.24. The molecule has 0 aliphatic rings. The van der Waals surface area contributed by atoms with Gasteiger partial charge in [-0.15, -0.1) is 11.8 Å². The molecule has 13 heavy (non-hydrogen) atoms. The van der Waals surface area contributed by atoms with Crippen molar-refractivity contribution in [2.45, 2.75) is 25.7 Å². The number of aryl methyl sites for hydroxylation is 2. The Kier molecular flexibility index (Phi) is 3.67. The molecule has 0 aromatic heterocycles. The Labute approximate surface area is 84.9 Å². The summed E-state index contributed by atoms with van der Waals surface area (Å²) < 4.78 is 0. The predicted molar refractivity (Wildman–Crippen MR) is 61.9 cm³/mol. The Morgan fingerprint density at radius 2 is 2.00 bits per heavy atom. The quantitative estimate of drug-likeness (QED) is 0.741. The van der Waals surface area contributed by atoms with E-state index in [0.717, 1.165) is 5.75 Å². The van der Waals surface area contributed by atoms with E-state index in [1.54, 1.807) is 0 Å². The van der Waals surface area contributed by atoms with E-state index in [1.807, 2.05) is 18.8 Å². The van der Waals surface area contributed by atoms with E-state index >= 15 is 0 Å². The van der Waals surface area contributed by atoms with Gasteiger partial charge in [0, 0.05) is 17.6 Å². The fourth-order valence-electron chi connectivity index (χ4n) is 1.48. The van der Waals surface area contributed by atoms with E-state index in [2.05, 4.69) is 38.2 Å². The second-order valence-corrected chi connectivity index (χ2v) is 4.42. The first-order chi connectivity index (χ1) is 6.19. The molecule has 0 atom stereocenters. The van der Waals surface area contributed by atoms with Gasteiger partial charge in [-0.25, -0.2) is 0 Å². The van der Waals surface area contributed by atoms with Crippen molar-refractivity contribution in [3.63, 3.8) is 0 Å². The first-order valence-electron chi connectivity index (χ1n) is 4.60. The van der Waals surface area contributed by atoms with Crippen molar-refractivity contribution < 1.29 is 0 Å². The standard InChI is InChI=1S/C11H17NS/c1-5-13-11-9(3)6-8(2)7-10(11)12-4/h6-7,12H,5H2,1-4H3. The van der Waals surface area contributed by atoms with Crippen LogP contribution in [0.25, 0.3) is 0 Å². The Bertz CT molecular complexity index is 294. The summed E-state index contributed by atoms with van der Waals surface area (Å²) in [5, 5.41) is 3.24. The summed E-state index contributed by atoms with van der Waals surface area (Å²) in [6, 6.07) is 4.43. The molecule has 0 aliphatic heterocycles. The summed E-state index contributed by atoms with van der Waals surface area (Å²) in [4.78, 5) is 1.38. The van der Waals surface area contributed by atoms with Gasteiger partial charge >= 0.3 is 0 Å². The lowest BCUT2D eigenvalue weighted by Crippen LogP contribution is -1.94. The van der Waals surface area contributed by atoms with Crippen molar-refractivity contribution >= 4 is 17.4 Å². The van der Waals surface area contributed by atoms with Crippen molar-refractivity contribution in [3.05, 3.63) is 23.3 Å². The molecule has 0 radical (unpaired) electrons. The van der Waals surface area contributed by atoms with Gasteiger partial charge in [0.05, 0.1) is 0 Å². The normalized spacial score (nSPS) is 10.2. The first kappa shape index (κ1) is 10.5. The van der Waals surface area contributed by atoms with Gasteiger partial charge in [0.15, 0.2) is 0 Å². The summed E-state index contributed by atoms with van der Waals surface area (Å²) in [7, 11) is 1.98. The maximum atomic E-state index is 3.24. The van der Waals surface area contributed by atoms with Crippen LogP contribution in [0.15, 0.2) is 17.0 Å². The Balaban J connectivity index is 3.13. The monoisotopic (exact) mass is 195 g/mol. The molecular weight excluding hydrogens is 178 g/mol. The number of nitrogens with one attached hydrogen (secondary N) is 1. The zero-order chi connectivity index (χ0) is 9.84. The van der Waals surface area contributed by atoms with Crippen molar-refractivity contribution in [1.29, 1.82) is 0 Å². The van der Waals surface area contributed by atoms with Gasteiger partial charge in [0.1, 0.15) is 0 Å². The SMILES string of the molecule is CCSc1c(C)cc(C)cc1NC. The molecule has 1 aromatic carbocycles. The third-order valence-corrected chi connectivity index (χ3v) is 3.10. The van der Waals surface area contributed by atoms with Gasteiger partial charge in [-0.05, 0) is 36.8 Å². The molecule has 0 saturated heterocycles. The van der Waals surface area contributed by atoms with Crippen LogP contribution in [0, 0.1) is 13.8 Å². The molecule has 0 bridgehead atoms. The Morgan fingerprint density at radius 3 is 2.54 bits per heavy atom. The van der Waals surface area contributed by atoms with Crippen LogP contribution in [0.1, 0.15) is 18.1 Å². The van der Waals surface area contributed by atoms with E-state index in [4.69, 9.17) is 0 Å². The third kappa shape index (κ3) is 2.41. The second-order valence-electron chi connectivity index (χ2n) is 3.14. The van der Waals surface area contributed by atoms with Crippen LogP contribution in [-0.2, 0) is 0 Å². The minimum Gasteiger partial charge on any atom is -0.387 e. The van der Waals surface area contributed by atoms with Gasteiger partial charge in [0.25, 0.3) is 0 Å². The fourth-order valence-corrected chi connectivity index (χ4v) is 2.37. The van der Waals surface area contributed by atoms with Crippen LogP contribution in [0.4, 0.5) is 5.69 Å². The van der Waals surface area contributed by atoms with Gasteiger partial charge in [-0.2, -0.15) is 0 Å². The number of hydrogen-bond acceptors (Lipinski definition) is 2. The highest BCUT2D eigenvalue weighted by Crippen LogP contribution is 2.31. The fraction of sp³-hybridized carbons (Fsp3) is 0.455. The molecular formula is C11H17NS. The third-order valence-electron chi connectivity index (χ3n) is 1.98. The topological polar surface area (TPSA) is 12.0 Å². The highest BCUT2D eigenvalue weighted by molar-refractivity contribution is 7.99. The van der Waals surface area contributed by atoms with Crippen LogP contribution in [0.2, 0.25) is 0 Å². The molecule has 0 fully saturated rings. The molecule has 1 N–H and O–H groups in total. The molecule has 0 unspecified atom stereocenters. The Morgan fingerprint density at radius 1 is 1.31 bits per heavy atom.